The van der Waals surface area contributed by atoms with Gasteiger partial charge in [0, 0.05) is 6.42 Å². The van der Waals surface area contributed by atoms with E-state index in [-0.39, 0.29) is 23.8 Å². The van der Waals surface area contributed by atoms with Gasteiger partial charge >= 0.3 is 5.97 Å². The van der Waals surface area contributed by atoms with Gasteiger partial charge in [0.05, 0.1) is 30.1 Å². The van der Waals surface area contributed by atoms with Gasteiger partial charge in [-0.3, -0.25) is 4.79 Å². The van der Waals surface area contributed by atoms with E-state index in [9.17, 15) is 13.2 Å². The summed E-state index contributed by atoms with van der Waals surface area (Å²) in [4.78, 5) is 11.0. The number of aliphatic carboxylic acids is 1. The molecule has 1 fully saturated rings. The van der Waals surface area contributed by atoms with Gasteiger partial charge in [-0.05, 0) is 36.4 Å². The summed E-state index contributed by atoms with van der Waals surface area (Å²) in [6.45, 7) is 3.24. The number of tetrazole rings is 1. The maximum atomic E-state index is 12.9. The highest BCUT2D eigenvalue weighted by Gasteiger charge is 2.39. The Bertz CT molecular complexity index is 912. The van der Waals surface area contributed by atoms with Crippen LogP contribution in [-0.2, 0) is 24.1 Å². The fraction of sp³-hybridized carbons (Fsp3) is 0.500. The molecule has 0 radical (unpaired) electrons. The van der Waals surface area contributed by atoms with Crippen molar-refractivity contribution in [3.8, 4) is 5.69 Å². The van der Waals surface area contributed by atoms with Crippen molar-refractivity contribution in [1.29, 1.82) is 0 Å². The van der Waals surface area contributed by atoms with E-state index in [1.54, 1.807) is 44.2 Å². The van der Waals surface area contributed by atoms with E-state index in [4.69, 9.17) is 14.6 Å². The van der Waals surface area contributed by atoms with Gasteiger partial charge in [0.2, 0.25) is 9.84 Å². The van der Waals surface area contributed by atoms with Gasteiger partial charge in [-0.1, -0.05) is 23.3 Å². The molecule has 11 heteroatoms. The molecule has 1 aliphatic rings. The molecule has 2 aromatic rings. The smallest absolute Gasteiger partial charge is 0.305 e. The monoisotopic (exact) mass is 396 g/mol. The predicted octanol–water partition coefficient (Wildman–Crippen LogP) is 0.821. The summed E-state index contributed by atoms with van der Waals surface area (Å²) >= 11 is 0. The molecule has 1 saturated heterocycles. The lowest BCUT2D eigenvalue weighted by atomic mass is 10.1. The van der Waals surface area contributed by atoms with Crippen LogP contribution in [0.25, 0.3) is 5.69 Å². The van der Waals surface area contributed by atoms with Crippen molar-refractivity contribution in [1.82, 2.24) is 20.2 Å². The molecule has 0 aliphatic carbocycles. The van der Waals surface area contributed by atoms with Gasteiger partial charge in [0.1, 0.15) is 0 Å². The van der Waals surface area contributed by atoms with Crippen molar-refractivity contribution in [2.45, 2.75) is 49.8 Å². The van der Waals surface area contributed by atoms with E-state index in [1.165, 1.54) is 0 Å². The van der Waals surface area contributed by atoms with Gasteiger partial charge in [0.25, 0.3) is 5.16 Å². The van der Waals surface area contributed by atoms with E-state index < -0.39 is 33.8 Å². The maximum Gasteiger partial charge on any atom is 0.305 e. The number of sulfone groups is 1. The normalized spacial score (nSPS) is 22.4. The second-order valence-electron chi connectivity index (χ2n) is 6.70. The molecule has 3 rings (SSSR count). The first-order valence-corrected chi connectivity index (χ1v) is 9.95. The number of nitrogens with zero attached hydrogens (tertiary/aromatic N) is 4. The zero-order valence-corrected chi connectivity index (χ0v) is 15.7. The molecular formula is C16H20N4O6S. The largest absolute Gasteiger partial charge is 0.481 e. The van der Waals surface area contributed by atoms with E-state index in [0.717, 1.165) is 4.68 Å². The minimum Gasteiger partial charge on any atom is -0.481 e. The van der Waals surface area contributed by atoms with E-state index in [2.05, 4.69) is 15.5 Å². The summed E-state index contributed by atoms with van der Waals surface area (Å²) in [5.74, 6) is -2.50. The first-order valence-electron chi connectivity index (χ1n) is 8.30. The molecule has 10 nitrogen and oxygen atoms in total. The zero-order valence-electron chi connectivity index (χ0n) is 14.8. The van der Waals surface area contributed by atoms with Crippen molar-refractivity contribution in [3.05, 3.63) is 30.3 Å². The number of para-hydroxylation sites is 1. The van der Waals surface area contributed by atoms with Gasteiger partial charge in [-0.2, -0.15) is 4.68 Å². The molecule has 1 N–H and O–H groups in total. The number of rotatable bonds is 6. The third-order valence-corrected chi connectivity index (χ3v) is 5.58. The standard InChI is InChI=1S/C16H20N4O6S/c1-16(2)25-12(9-14(21)22)8-13(26-16)10-27(23,24)15-17-18-19-20(15)11-6-4-3-5-7-11/h3-7,12-13H,8-10H2,1-2H3,(H,21,22). The minimum atomic E-state index is -3.90. The van der Waals surface area contributed by atoms with E-state index in [0.29, 0.717) is 5.69 Å². The lowest BCUT2D eigenvalue weighted by Crippen LogP contribution is -2.47. The number of carboxylic acid groups (broad SMARTS) is 1. The number of carboxylic acids is 1. The molecule has 1 aromatic heterocycles. The van der Waals surface area contributed by atoms with Crippen LogP contribution in [0.4, 0.5) is 0 Å². The SMILES string of the molecule is CC1(C)OC(CC(=O)O)CC(CS(=O)(=O)c2nnnn2-c2ccccc2)O1. The number of ether oxygens (including phenoxy) is 2. The number of aromatic nitrogens is 4. The molecule has 27 heavy (non-hydrogen) atoms. The second kappa shape index (κ2) is 7.33. The molecule has 1 aromatic carbocycles. The van der Waals surface area contributed by atoms with E-state index >= 15 is 0 Å². The van der Waals surface area contributed by atoms with Crippen molar-refractivity contribution in [3.63, 3.8) is 0 Å². The van der Waals surface area contributed by atoms with Gasteiger partial charge in [0.15, 0.2) is 5.79 Å². The summed E-state index contributed by atoms with van der Waals surface area (Å²) in [7, 11) is -3.90. The van der Waals surface area contributed by atoms with Crippen molar-refractivity contribution < 1.29 is 27.8 Å². The first kappa shape index (κ1) is 19.4. The Labute approximate surface area is 156 Å². The molecule has 0 spiro atoms. The summed E-state index contributed by atoms with van der Waals surface area (Å²) in [5, 5.41) is 19.6. The Balaban J connectivity index is 1.83. The molecule has 1 aliphatic heterocycles. The van der Waals surface area contributed by atoms with Crippen molar-refractivity contribution >= 4 is 15.8 Å². The van der Waals surface area contributed by atoms with Gasteiger partial charge in [-0.15, -0.1) is 0 Å². The maximum absolute atomic E-state index is 12.9. The van der Waals surface area contributed by atoms with Crippen LogP contribution in [0.2, 0.25) is 0 Å². The van der Waals surface area contributed by atoms with Crippen LogP contribution in [0.1, 0.15) is 26.7 Å². The highest BCUT2D eigenvalue weighted by atomic mass is 32.2. The van der Waals surface area contributed by atoms with Crippen LogP contribution in [0, 0.1) is 0 Å². The number of benzene rings is 1. The van der Waals surface area contributed by atoms with Crippen LogP contribution >= 0.6 is 0 Å². The molecular weight excluding hydrogens is 376 g/mol. The van der Waals surface area contributed by atoms with Crippen LogP contribution in [0.15, 0.2) is 35.5 Å². The quantitative estimate of drug-likeness (QED) is 0.753. The average molecular weight is 396 g/mol. The highest BCUT2D eigenvalue weighted by molar-refractivity contribution is 7.91. The molecule has 0 bridgehead atoms. The summed E-state index contributed by atoms with van der Waals surface area (Å²) < 4.78 is 38.2. The van der Waals surface area contributed by atoms with Gasteiger partial charge in [-0.25, -0.2) is 8.42 Å². The Kier molecular flexibility index (Phi) is 5.27. The Hall–Kier alpha value is -2.37. The van der Waals surface area contributed by atoms with Gasteiger partial charge < -0.3 is 14.6 Å². The Morgan fingerprint density at radius 3 is 2.59 bits per heavy atom. The zero-order chi connectivity index (χ0) is 19.7. The second-order valence-corrected chi connectivity index (χ2v) is 8.63. The lowest BCUT2D eigenvalue weighted by Gasteiger charge is -2.40. The fourth-order valence-electron chi connectivity index (χ4n) is 3.07. The molecule has 0 saturated carbocycles. The molecule has 2 atom stereocenters. The van der Waals surface area contributed by atoms with Crippen molar-refractivity contribution in [2.24, 2.45) is 0 Å². The average Bonchev–Trinajstić information content (AvgIpc) is 3.03. The fourth-order valence-corrected chi connectivity index (χ4v) is 4.47. The Morgan fingerprint density at radius 2 is 1.93 bits per heavy atom. The molecule has 0 amide bonds. The minimum absolute atomic E-state index is 0.141. The first-order chi connectivity index (χ1) is 12.7. The summed E-state index contributed by atoms with van der Waals surface area (Å²) in [6.07, 6.45) is -1.48. The van der Waals surface area contributed by atoms with Crippen LogP contribution < -0.4 is 0 Å². The van der Waals surface area contributed by atoms with E-state index in [1.807, 2.05) is 0 Å². The van der Waals surface area contributed by atoms with Crippen molar-refractivity contribution in [2.75, 3.05) is 5.75 Å². The summed E-state index contributed by atoms with van der Waals surface area (Å²) in [6, 6.07) is 8.66. The molecule has 2 unspecified atom stereocenters. The Morgan fingerprint density at radius 1 is 1.26 bits per heavy atom. The van der Waals surface area contributed by atoms with Crippen LogP contribution in [-0.4, -0.2) is 63.4 Å². The van der Waals surface area contributed by atoms with Crippen LogP contribution in [0.3, 0.4) is 0 Å². The third kappa shape index (κ3) is 4.67. The summed E-state index contributed by atoms with van der Waals surface area (Å²) in [5.41, 5.74) is 0.512. The molecule has 2 heterocycles. The number of hydrogen-bond acceptors (Lipinski definition) is 8. The topological polar surface area (TPSA) is 134 Å². The third-order valence-electron chi connectivity index (χ3n) is 3.95. The highest BCUT2D eigenvalue weighted by Crippen LogP contribution is 2.30. The molecule has 146 valence electrons. The number of hydrogen-bond donors (Lipinski definition) is 1. The van der Waals surface area contributed by atoms with Crippen LogP contribution in [0.5, 0.6) is 0 Å². The predicted molar refractivity (Wildman–Crippen MR) is 91.9 cm³/mol. The number of carbonyl (C=O) groups is 1. The lowest BCUT2D eigenvalue weighted by molar-refractivity contribution is -0.295.